The highest BCUT2D eigenvalue weighted by atomic mass is 32.2. The number of nitrogen functional groups attached to an aromatic ring is 1. The molecule has 0 aromatic heterocycles. The van der Waals surface area contributed by atoms with Crippen LogP contribution in [0.25, 0.3) is 0 Å². The van der Waals surface area contributed by atoms with Gasteiger partial charge in [-0.3, -0.25) is 0 Å². The van der Waals surface area contributed by atoms with E-state index in [4.69, 9.17) is 10.8 Å². The van der Waals surface area contributed by atoms with Gasteiger partial charge < -0.3 is 10.8 Å². The van der Waals surface area contributed by atoms with Crippen LogP contribution < -0.4 is 10.5 Å². The van der Waals surface area contributed by atoms with Crippen LogP contribution in [0, 0.1) is 11.8 Å². The van der Waals surface area contributed by atoms with E-state index in [1.807, 2.05) is 0 Å². The largest absolute Gasteiger partial charge is 0.478 e. The maximum atomic E-state index is 11.9. The number of anilines is 1. The fraction of sp³-hybridized carbons (Fsp3) is 0.182. The van der Waals surface area contributed by atoms with E-state index in [0.717, 1.165) is 12.1 Å². The molecule has 0 aliphatic carbocycles. The quantitative estimate of drug-likeness (QED) is 0.536. The van der Waals surface area contributed by atoms with Gasteiger partial charge in [0, 0.05) is 5.69 Å². The molecule has 0 aliphatic heterocycles. The van der Waals surface area contributed by atoms with Gasteiger partial charge >= 0.3 is 5.97 Å². The van der Waals surface area contributed by atoms with Gasteiger partial charge in [0.05, 0.1) is 17.0 Å². The van der Waals surface area contributed by atoms with Gasteiger partial charge in [-0.05, 0) is 25.1 Å². The summed E-state index contributed by atoms with van der Waals surface area (Å²) < 4.78 is 25.9. The van der Waals surface area contributed by atoms with Crippen molar-refractivity contribution < 1.29 is 18.3 Å². The highest BCUT2D eigenvalue weighted by Gasteiger charge is 2.21. The molecular formula is C11H12N2O4S. The molecule has 1 aromatic carbocycles. The van der Waals surface area contributed by atoms with E-state index >= 15 is 0 Å². The molecule has 6 nitrogen and oxygen atoms in total. The van der Waals surface area contributed by atoms with Gasteiger partial charge in [-0.2, -0.15) is 4.72 Å². The number of benzene rings is 1. The molecule has 0 spiro atoms. The highest BCUT2D eigenvalue weighted by molar-refractivity contribution is 7.89. The molecule has 0 saturated heterocycles. The summed E-state index contributed by atoms with van der Waals surface area (Å²) in [5, 5.41) is 8.95. The summed E-state index contributed by atoms with van der Waals surface area (Å²) >= 11 is 0. The van der Waals surface area contributed by atoms with E-state index in [0.29, 0.717) is 0 Å². The van der Waals surface area contributed by atoms with Crippen LogP contribution in [0.4, 0.5) is 5.69 Å². The lowest BCUT2D eigenvalue weighted by atomic mass is 10.2. The molecule has 0 aliphatic rings. The standard InChI is InChI=1S/C11H12N2O4S/c1-2-3-6-13-18(16,17)10-5-4-8(12)7-9(10)11(14)15/h4-5,7,13H,6,12H2,1H3,(H,14,15). The Kier molecular flexibility index (Phi) is 4.31. The van der Waals surface area contributed by atoms with Crippen molar-refractivity contribution >= 4 is 21.7 Å². The third kappa shape index (κ3) is 3.23. The third-order valence-corrected chi connectivity index (χ3v) is 3.51. The monoisotopic (exact) mass is 268 g/mol. The van der Waals surface area contributed by atoms with Gasteiger partial charge in [0.15, 0.2) is 0 Å². The zero-order valence-electron chi connectivity index (χ0n) is 9.60. The molecule has 0 unspecified atom stereocenters. The Morgan fingerprint density at radius 3 is 2.72 bits per heavy atom. The second-order valence-corrected chi connectivity index (χ2v) is 5.05. The topological polar surface area (TPSA) is 109 Å². The molecule has 4 N–H and O–H groups in total. The lowest BCUT2D eigenvalue weighted by Crippen LogP contribution is -2.26. The first-order valence-electron chi connectivity index (χ1n) is 4.90. The third-order valence-electron chi connectivity index (χ3n) is 2.05. The van der Waals surface area contributed by atoms with E-state index in [-0.39, 0.29) is 22.7 Å². The molecule has 96 valence electrons. The number of carbonyl (C=O) groups is 1. The van der Waals surface area contributed by atoms with Gasteiger partial charge in [-0.15, -0.1) is 5.92 Å². The Labute approximate surface area is 105 Å². The van der Waals surface area contributed by atoms with Crippen LogP contribution in [0.1, 0.15) is 17.3 Å². The minimum atomic E-state index is -3.91. The van der Waals surface area contributed by atoms with Crippen LogP contribution in [-0.4, -0.2) is 26.0 Å². The number of sulfonamides is 1. The Morgan fingerprint density at radius 2 is 2.17 bits per heavy atom. The van der Waals surface area contributed by atoms with E-state index in [2.05, 4.69) is 16.6 Å². The number of rotatable bonds is 4. The fourth-order valence-electron chi connectivity index (χ4n) is 1.25. The van der Waals surface area contributed by atoms with Crippen LogP contribution >= 0.6 is 0 Å². The van der Waals surface area contributed by atoms with E-state index in [9.17, 15) is 13.2 Å². The van der Waals surface area contributed by atoms with Crippen LogP contribution in [-0.2, 0) is 10.0 Å². The Balaban J connectivity index is 3.22. The number of carboxylic acids is 1. The second kappa shape index (κ2) is 5.53. The predicted octanol–water partition coefficient (Wildman–Crippen LogP) is 0.269. The molecule has 0 fully saturated rings. The summed E-state index contributed by atoms with van der Waals surface area (Å²) in [4.78, 5) is 10.6. The van der Waals surface area contributed by atoms with Gasteiger partial charge in [0.2, 0.25) is 10.0 Å². The average molecular weight is 268 g/mol. The summed E-state index contributed by atoms with van der Waals surface area (Å²) in [5.41, 5.74) is 5.24. The van der Waals surface area contributed by atoms with Gasteiger partial charge in [-0.1, -0.05) is 5.92 Å². The smallest absolute Gasteiger partial charge is 0.337 e. The Bertz CT molecular complexity index is 626. The van der Waals surface area contributed by atoms with E-state index in [1.165, 1.54) is 6.07 Å². The molecule has 0 atom stereocenters. The number of hydrogen-bond donors (Lipinski definition) is 3. The summed E-state index contributed by atoms with van der Waals surface area (Å²) in [6.45, 7) is 1.49. The molecule has 0 amide bonds. The number of hydrogen-bond acceptors (Lipinski definition) is 4. The zero-order chi connectivity index (χ0) is 13.8. The van der Waals surface area contributed by atoms with Crippen LogP contribution in [0.5, 0.6) is 0 Å². The second-order valence-electron chi connectivity index (χ2n) is 3.31. The first kappa shape index (κ1) is 14.0. The van der Waals surface area contributed by atoms with Crippen molar-refractivity contribution in [3.05, 3.63) is 23.8 Å². The molecule has 1 rings (SSSR count). The minimum Gasteiger partial charge on any atom is -0.478 e. The van der Waals surface area contributed by atoms with Crippen molar-refractivity contribution in [1.82, 2.24) is 4.72 Å². The van der Waals surface area contributed by atoms with Crippen molar-refractivity contribution in [2.75, 3.05) is 12.3 Å². The molecule has 18 heavy (non-hydrogen) atoms. The highest BCUT2D eigenvalue weighted by Crippen LogP contribution is 2.18. The van der Waals surface area contributed by atoms with Crippen LogP contribution in [0.15, 0.2) is 23.1 Å². The van der Waals surface area contributed by atoms with E-state index < -0.39 is 16.0 Å². The fourth-order valence-corrected chi connectivity index (χ4v) is 2.35. The maximum Gasteiger partial charge on any atom is 0.337 e. The molecule has 0 heterocycles. The average Bonchev–Trinajstić information content (AvgIpc) is 2.28. The summed E-state index contributed by atoms with van der Waals surface area (Å²) in [6, 6.07) is 3.58. The van der Waals surface area contributed by atoms with Crippen molar-refractivity contribution in [2.45, 2.75) is 11.8 Å². The predicted molar refractivity (Wildman–Crippen MR) is 66.5 cm³/mol. The van der Waals surface area contributed by atoms with Crippen LogP contribution in [0.3, 0.4) is 0 Å². The molecule has 0 bridgehead atoms. The maximum absolute atomic E-state index is 11.9. The first-order chi connectivity index (χ1) is 8.38. The van der Waals surface area contributed by atoms with Gasteiger partial charge in [0.25, 0.3) is 0 Å². The number of aromatic carboxylic acids is 1. The lowest BCUT2D eigenvalue weighted by molar-refractivity contribution is 0.0692. The minimum absolute atomic E-state index is 0.0811. The first-order valence-corrected chi connectivity index (χ1v) is 6.39. The molecular weight excluding hydrogens is 256 g/mol. The SMILES string of the molecule is CC#CCNS(=O)(=O)c1ccc(N)cc1C(=O)O. The summed E-state index contributed by atoms with van der Waals surface area (Å²) in [7, 11) is -3.91. The number of nitrogens with two attached hydrogens (primary N) is 1. The number of nitrogens with one attached hydrogen (secondary N) is 1. The normalized spacial score (nSPS) is 10.5. The van der Waals surface area contributed by atoms with Crippen molar-refractivity contribution in [3.63, 3.8) is 0 Å². The van der Waals surface area contributed by atoms with Gasteiger partial charge in [0.1, 0.15) is 0 Å². The molecule has 7 heteroatoms. The molecule has 0 saturated carbocycles. The zero-order valence-corrected chi connectivity index (χ0v) is 10.4. The summed E-state index contributed by atoms with van der Waals surface area (Å²) in [5.74, 6) is 3.69. The Morgan fingerprint density at radius 1 is 1.50 bits per heavy atom. The Hall–Kier alpha value is -2.04. The van der Waals surface area contributed by atoms with Crippen molar-refractivity contribution in [2.24, 2.45) is 0 Å². The van der Waals surface area contributed by atoms with E-state index in [1.54, 1.807) is 6.92 Å². The molecule has 0 radical (unpaired) electrons. The number of carboxylic acid groups (broad SMARTS) is 1. The lowest BCUT2D eigenvalue weighted by Gasteiger charge is -2.08. The van der Waals surface area contributed by atoms with Crippen molar-refractivity contribution in [1.29, 1.82) is 0 Å². The van der Waals surface area contributed by atoms with Crippen molar-refractivity contribution in [3.8, 4) is 11.8 Å². The molecule has 1 aromatic rings. The van der Waals surface area contributed by atoms with Crippen LogP contribution in [0.2, 0.25) is 0 Å². The summed E-state index contributed by atoms with van der Waals surface area (Å²) in [6.07, 6.45) is 0. The van der Waals surface area contributed by atoms with Gasteiger partial charge in [-0.25, -0.2) is 13.2 Å².